The van der Waals surface area contributed by atoms with Gasteiger partial charge in [-0.05, 0) is 48.9 Å². The van der Waals surface area contributed by atoms with E-state index in [0.29, 0.717) is 33.2 Å². The van der Waals surface area contributed by atoms with Gasteiger partial charge in [0.15, 0.2) is 0 Å². The molecule has 0 aliphatic rings. The summed E-state index contributed by atoms with van der Waals surface area (Å²) in [5.74, 6) is -1.27. The number of rotatable bonds is 7. The SMILES string of the molecule is COc1ccc(N(C(=O)C(F)(F)F)c2ccc(OCCN)c(-c3c(Cl)cnn3C)c2)c(C)c1. The van der Waals surface area contributed by atoms with E-state index in [9.17, 15) is 18.0 Å². The lowest BCUT2D eigenvalue weighted by Gasteiger charge is -2.27. The van der Waals surface area contributed by atoms with E-state index in [1.165, 1.54) is 48.3 Å². The number of hydrogen-bond acceptors (Lipinski definition) is 5. The third-order valence-electron chi connectivity index (χ3n) is 4.84. The third-order valence-corrected chi connectivity index (χ3v) is 5.11. The van der Waals surface area contributed by atoms with E-state index < -0.39 is 12.1 Å². The zero-order valence-corrected chi connectivity index (χ0v) is 18.9. The van der Waals surface area contributed by atoms with Crippen LogP contribution in [0.1, 0.15) is 5.56 Å². The van der Waals surface area contributed by atoms with Gasteiger partial charge in [-0.2, -0.15) is 18.3 Å². The van der Waals surface area contributed by atoms with Crippen molar-refractivity contribution >= 4 is 28.9 Å². The molecule has 0 spiro atoms. The van der Waals surface area contributed by atoms with Gasteiger partial charge in [-0.3, -0.25) is 14.4 Å². The molecule has 0 bridgehead atoms. The highest BCUT2D eigenvalue weighted by Crippen LogP contribution is 2.41. The Labute approximate surface area is 193 Å². The van der Waals surface area contributed by atoms with Gasteiger partial charge in [0.2, 0.25) is 0 Å². The van der Waals surface area contributed by atoms with Crippen molar-refractivity contribution in [1.29, 1.82) is 0 Å². The molecular formula is C22H22ClF3N4O3. The monoisotopic (exact) mass is 482 g/mol. The fourth-order valence-corrected chi connectivity index (χ4v) is 3.62. The van der Waals surface area contributed by atoms with Crippen LogP contribution in [0.2, 0.25) is 5.02 Å². The Morgan fingerprint density at radius 3 is 2.52 bits per heavy atom. The van der Waals surface area contributed by atoms with E-state index in [4.69, 9.17) is 26.8 Å². The van der Waals surface area contributed by atoms with Crippen LogP contribution in [0.4, 0.5) is 24.5 Å². The fraction of sp³-hybridized carbons (Fsp3) is 0.273. The number of nitrogens with zero attached hydrogens (tertiary/aromatic N) is 3. The first-order chi connectivity index (χ1) is 15.6. The molecule has 0 radical (unpaired) electrons. The molecule has 11 heteroatoms. The highest BCUT2D eigenvalue weighted by molar-refractivity contribution is 6.33. The highest BCUT2D eigenvalue weighted by Gasteiger charge is 2.44. The number of anilines is 2. The van der Waals surface area contributed by atoms with Crippen LogP contribution in [0.25, 0.3) is 11.3 Å². The summed E-state index contributed by atoms with van der Waals surface area (Å²) in [5.41, 5.74) is 6.74. The Bertz CT molecular complexity index is 1140. The van der Waals surface area contributed by atoms with Crippen LogP contribution >= 0.6 is 11.6 Å². The number of carbonyl (C=O) groups excluding carboxylic acids is 1. The van der Waals surface area contributed by atoms with Crippen molar-refractivity contribution in [3.8, 4) is 22.8 Å². The molecule has 1 aromatic heterocycles. The number of aryl methyl sites for hydroxylation is 2. The van der Waals surface area contributed by atoms with E-state index in [2.05, 4.69) is 5.10 Å². The minimum Gasteiger partial charge on any atom is -0.497 e. The summed E-state index contributed by atoms with van der Waals surface area (Å²) in [6.45, 7) is 1.99. The van der Waals surface area contributed by atoms with E-state index in [-0.39, 0.29) is 29.5 Å². The first-order valence-electron chi connectivity index (χ1n) is 9.79. The van der Waals surface area contributed by atoms with Crippen molar-refractivity contribution in [1.82, 2.24) is 9.78 Å². The van der Waals surface area contributed by atoms with Gasteiger partial charge in [0.05, 0.1) is 35.4 Å². The molecule has 0 fully saturated rings. The Balaban J connectivity index is 2.24. The second-order valence-electron chi connectivity index (χ2n) is 7.07. The van der Waals surface area contributed by atoms with Crippen LogP contribution in [-0.4, -0.2) is 42.1 Å². The second kappa shape index (κ2) is 9.72. The maximum Gasteiger partial charge on any atom is 0.472 e. The summed E-state index contributed by atoms with van der Waals surface area (Å²) in [6.07, 6.45) is -3.71. The number of amides is 1. The Kier molecular flexibility index (Phi) is 7.19. The molecule has 2 N–H and O–H groups in total. The van der Waals surface area contributed by atoms with Crippen LogP contribution < -0.4 is 20.1 Å². The number of ether oxygens (including phenoxy) is 2. The lowest BCUT2D eigenvalue weighted by Crippen LogP contribution is -2.38. The molecule has 0 atom stereocenters. The van der Waals surface area contributed by atoms with Gasteiger partial charge in [-0.15, -0.1) is 0 Å². The molecule has 0 unspecified atom stereocenters. The quantitative estimate of drug-likeness (QED) is 0.531. The number of halogens is 4. The summed E-state index contributed by atoms with van der Waals surface area (Å²) in [6, 6.07) is 8.67. The molecule has 0 aliphatic carbocycles. The summed E-state index contributed by atoms with van der Waals surface area (Å²) in [5, 5.41) is 4.35. The van der Waals surface area contributed by atoms with Gasteiger partial charge in [0.1, 0.15) is 18.1 Å². The first-order valence-corrected chi connectivity index (χ1v) is 10.2. The zero-order valence-electron chi connectivity index (χ0n) is 18.1. The Morgan fingerprint density at radius 2 is 1.97 bits per heavy atom. The number of aromatic nitrogens is 2. The maximum atomic E-state index is 13.6. The number of alkyl halides is 3. The predicted octanol–water partition coefficient (Wildman–Crippen LogP) is 4.62. The Morgan fingerprint density at radius 1 is 1.24 bits per heavy atom. The van der Waals surface area contributed by atoms with Gasteiger partial charge >= 0.3 is 12.1 Å². The molecule has 0 saturated heterocycles. The van der Waals surface area contributed by atoms with Crippen LogP contribution in [0.5, 0.6) is 11.5 Å². The summed E-state index contributed by atoms with van der Waals surface area (Å²) in [4.78, 5) is 13.1. The smallest absolute Gasteiger partial charge is 0.472 e. The fourth-order valence-electron chi connectivity index (χ4n) is 3.35. The van der Waals surface area contributed by atoms with Gasteiger partial charge in [-0.1, -0.05) is 11.6 Å². The molecule has 7 nitrogen and oxygen atoms in total. The molecule has 1 amide bonds. The largest absolute Gasteiger partial charge is 0.497 e. The van der Waals surface area contributed by atoms with E-state index >= 15 is 0 Å². The number of carbonyl (C=O) groups is 1. The predicted molar refractivity (Wildman–Crippen MR) is 119 cm³/mol. The number of benzene rings is 2. The molecule has 176 valence electrons. The van der Waals surface area contributed by atoms with Crippen molar-refractivity contribution in [2.24, 2.45) is 12.8 Å². The molecule has 0 saturated carbocycles. The van der Waals surface area contributed by atoms with Crippen molar-refractivity contribution in [3.63, 3.8) is 0 Å². The molecule has 1 heterocycles. The van der Waals surface area contributed by atoms with Gasteiger partial charge < -0.3 is 15.2 Å². The van der Waals surface area contributed by atoms with Crippen LogP contribution in [0, 0.1) is 6.92 Å². The second-order valence-corrected chi connectivity index (χ2v) is 7.48. The number of nitrogens with two attached hydrogens (primary N) is 1. The van der Waals surface area contributed by atoms with Gasteiger partial charge in [0, 0.05) is 19.2 Å². The molecule has 3 rings (SSSR count). The third kappa shape index (κ3) is 5.07. The van der Waals surface area contributed by atoms with Crippen molar-refractivity contribution in [2.75, 3.05) is 25.2 Å². The molecule has 0 aliphatic heterocycles. The van der Waals surface area contributed by atoms with Gasteiger partial charge in [0.25, 0.3) is 0 Å². The summed E-state index contributed by atoms with van der Waals surface area (Å²) < 4.78 is 53.1. The van der Waals surface area contributed by atoms with Gasteiger partial charge in [-0.25, -0.2) is 0 Å². The van der Waals surface area contributed by atoms with Crippen molar-refractivity contribution in [3.05, 3.63) is 53.2 Å². The first kappa shape index (κ1) is 24.4. The van der Waals surface area contributed by atoms with E-state index in [1.54, 1.807) is 20.0 Å². The van der Waals surface area contributed by atoms with Crippen molar-refractivity contribution < 1.29 is 27.4 Å². The number of methoxy groups -OCH3 is 1. The maximum absolute atomic E-state index is 13.6. The minimum atomic E-state index is -5.12. The number of hydrogen-bond donors (Lipinski definition) is 1. The summed E-state index contributed by atoms with van der Waals surface area (Å²) >= 11 is 6.29. The Hall–Kier alpha value is -3.24. The lowest BCUT2D eigenvalue weighted by atomic mass is 10.1. The zero-order chi connectivity index (χ0) is 24.3. The lowest BCUT2D eigenvalue weighted by molar-refractivity contribution is -0.169. The minimum absolute atomic E-state index is 0.0297. The summed E-state index contributed by atoms with van der Waals surface area (Å²) in [7, 11) is 3.07. The normalized spacial score (nSPS) is 11.4. The van der Waals surface area contributed by atoms with Crippen molar-refractivity contribution in [2.45, 2.75) is 13.1 Å². The average molecular weight is 483 g/mol. The molecule has 3 aromatic rings. The van der Waals surface area contributed by atoms with E-state index in [1.807, 2.05) is 0 Å². The molecular weight excluding hydrogens is 461 g/mol. The van der Waals surface area contributed by atoms with Crippen LogP contribution in [-0.2, 0) is 11.8 Å². The molecule has 33 heavy (non-hydrogen) atoms. The standard InChI is InChI=1S/C22H22ClF3N4O3/c1-13-10-15(32-3)5-6-18(13)30(21(31)22(24,25)26)14-4-7-19(33-9-8-27)16(11-14)20-17(23)12-28-29(20)2/h4-7,10-12H,8-9,27H2,1-3H3. The molecule has 2 aromatic carbocycles. The average Bonchev–Trinajstić information content (AvgIpc) is 3.10. The topological polar surface area (TPSA) is 82.6 Å². The van der Waals surface area contributed by atoms with Crippen LogP contribution in [0.15, 0.2) is 42.6 Å². The van der Waals surface area contributed by atoms with Crippen LogP contribution in [0.3, 0.4) is 0 Å². The van der Waals surface area contributed by atoms with E-state index in [0.717, 1.165) is 0 Å². The highest BCUT2D eigenvalue weighted by atomic mass is 35.5.